The van der Waals surface area contributed by atoms with Crippen LogP contribution in [-0.2, 0) is 9.53 Å². The lowest BCUT2D eigenvalue weighted by Gasteiger charge is -2.11. The van der Waals surface area contributed by atoms with E-state index < -0.39 is 12.1 Å². The van der Waals surface area contributed by atoms with E-state index in [1.165, 1.54) is 13.4 Å². The Hall–Kier alpha value is -2.22. The molecular formula is C10H12N4O4. The second kappa shape index (κ2) is 4.96. The zero-order valence-corrected chi connectivity index (χ0v) is 9.88. The minimum atomic E-state index is -1.04. The third-order valence-electron chi connectivity index (χ3n) is 2.46. The van der Waals surface area contributed by atoms with Gasteiger partial charge in [0.1, 0.15) is 17.5 Å². The summed E-state index contributed by atoms with van der Waals surface area (Å²) in [7, 11) is 1.33. The fraction of sp³-hybridized carbons (Fsp3) is 0.400. The number of ether oxygens (including phenoxy) is 1. The molecule has 1 atom stereocenters. The van der Waals surface area contributed by atoms with E-state index in [0.717, 1.165) is 0 Å². The molecule has 0 radical (unpaired) electrons. The normalized spacial score (nSPS) is 12.6. The highest BCUT2D eigenvalue weighted by atomic mass is 16.5. The molecule has 18 heavy (non-hydrogen) atoms. The first-order valence-electron chi connectivity index (χ1n) is 5.20. The standard InChI is InChI=1S/C10H12N4O4/c1-5-7-8(11-3-6(17-2)10(15)16)12-4-13-9(7)18-14-5/h4,6H,3H2,1-2H3,(H,15,16)(H,11,12,13). The van der Waals surface area contributed by atoms with Crippen molar-refractivity contribution >= 4 is 22.9 Å². The van der Waals surface area contributed by atoms with Crippen LogP contribution in [0.2, 0.25) is 0 Å². The Balaban J connectivity index is 2.21. The van der Waals surface area contributed by atoms with E-state index in [9.17, 15) is 4.79 Å². The Kier molecular flexibility index (Phi) is 3.38. The van der Waals surface area contributed by atoms with Gasteiger partial charge in [-0.25, -0.2) is 9.78 Å². The smallest absolute Gasteiger partial charge is 0.334 e. The number of hydrogen-bond donors (Lipinski definition) is 2. The summed E-state index contributed by atoms with van der Waals surface area (Å²) in [4.78, 5) is 18.8. The number of aryl methyl sites for hydroxylation is 1. The number of nitrogens with zero attached hydrogens (tertiary/aromatic N) is 3. The van der Waals surface area contributed by atoms with Crippen LogP contribution in [0.3, 0.4) is 0 Å². The lowest BCUT2D eigenvalue weighted by Crippen LogP contribution is -2.30. The molecule has 0 saturated carbocycles. The maximum atomic E-state index is 10.8. The number of methoxy groups -OCH3 is 1. The first-order valence-corrected chi connectivity index (χ1v) is 5.20. The molecular weight excluding hydrogens is 240 g/mol. The van der Waals surface area contributed by atoms with Crippen molar-refractivity contribution in [1.29, 1.82) is 0 Å². The second-order valence-electron chi connectivity index (χ2n) is 3.61. The van der Waals surface area contributed by atoms with Crippen LogP contribution < -0.4 is 5.32 Å². The third-order valence-corrected chi connectivity index (χ3v) is 2.46. The highest BCUT2D eigenvalue weighted by molar-refractivity contribution is 5.87. The molecule has 0 aliphatic carbocycles. The van der Waals surface area contributed by atoms with Crippen molar-refractivity contribution in [2.45, 2.75) is 13.0 Å². The van der Waals surface area contributed by atoms with Gasteiger partial charge in [0.05, 0.1) is 12.2 Å². The fourth-order valence-corrected chi connectivity index (χ4v) is 1.52. The van der Waals surface area contributed by atoms with Crippen LogP contribution in [-0.4, -0.2) is 46.0 Å². The van der Waals surface area contributed by atoms with Gasteiger partial charge in [0.2, 0.25) is 0 Å². The van der Waals surface area contributed by atoms with E-state index in [4.69, 9.17) is 14.4 Å². The molecule has 8 heteroatoms. The number of fused-ring (bicyclic) bond motifs is 1. The van der Waals surface area contributed by atoms with Gasteiger partial charge in [0.25, 0.3) is 5.71 Å². The summed E-state index contributed by atoms with van der Waals surface area (Å²) in [5.41, 5.74) is 0.992. The molecule has 0 bridgehead atoms. The lowest BCUT2D eigenvalue weighted by atomic mass is 10.3. The molecule has 0 spiro atoms. The third kappa shape index (κ3) is 2.23. The molecule has 0 saturated heterocycles. The molecule has 0 aliphatic rings. The number of carboxylic acid groups (broad SMARTS) is 1. The van der Waals surface area contributed by atoms with E-state index in [1.54, 1.807) is 6.92 Å². The SMILES string of the molecule is COC(CNc1ncnc2onc(C)c12)C(=O)O. The van der Waals surface area contributed by atoms with Crippen LogP contribution in [0, 0.1) is 6.92 Å². The van der Waals surface area contributed by atoms with Gasteiger partial charge in [0, 0.05) is 7.11 Å². The molecule has 96 valence electrons. The van der Waals surface area contributed by atoms with Gasteiger partial charge >= 0.3 is 5.97 Å². The number of aromatic nitrogens is 3. The van der Waals surface area contributed by atoms with E-state index in [2.05, 4.69) is 20.4 Å². The maximum absolute atomic E-state index is 10.8. The number of nitrogens with one attached hydrogen (secondary N) is 1. The Morgan fingerprint density at radius 1 is 1.61 bits per heavy atom. The van der Waals surface area contributed by atoms with Gasteiger partial charge in [-0.3, -0.25) is 0 Å². The van der Waals surface area contributed by atoms with Crippen LogP contribution in [0.25, 0.3) is 11.1 Å². The van der Waals surface area contributed by atoms with Crippen molar-refractivity contribution in [3.8, 4) is 0 Å². The summed E-state index contributed by atoms with van der Waals surface area (Å²) in [5, 5.41) is 16.2. The first-order chi connectivity index (χ1) is 8.63. The summed E-state index contributed by atoms with van der Waals surface area (Å²) in [6.07, 6.45) is 0.368. The average Bonchev–Trinajstić information content (AvgIpc) is 2.72. The quantitative estimate of drug-likeness (QED) is 0.788. The van der Waals surface area contributed by atoms with E-state index in [1.807, 2.05) is 0 Å². The summed E-state index contributed by atoms with van der Waals surface area (Å²) in [6.45, 7) is 1.84. The molecule has 2 heterocycles. The zero-order chi connectivity index (χ0) is 13.1. The van der Waals surface area contributed by atoms with Crippen LogP contribution in [0.1, 0.15) is 5.69 Å². The van der Waals surface area contributed by atoms with Gasteiger partial charge in [0.15, 0.2) is 6.10 Å². The fourth-order valence-electron chi connectivity index (χ4n) is 1.52. The topological polar surface area (TPSA) is 110 Å². The van der Waals surface area contributed by atoms with Crippen molar-refractivity contribution in [3.05, 3.63) is 12.0 Å². The molecule has 1 unspecified atom stereocenters. The van der Waals surface area contributed by atoms with E-state index in [0.29, 0.717) is 22.6 Å². The molecule has 0 aromatic carbocycles. The number of carboxylic acids is 1. The van der Waals surface area contributed by atoms with E-state index in [-0.39, 0.29) is 6.54 Å². The van der Waals surface area contributed by atoms with Crippen molar-refractivity contribution < 1.29 is 19.2 Å². The van der Waals surface area contributed by atoms with Crippen molar-refractivity contribution in [2.75, 3.05) is 19.0 Å². The van der Waals surface area contributed by atoms with Crippen LogP contribution in [0.4, 0.5) is 5.82 Å². The molecule has 2 rings (SSSR count). The van der Waals surface area contributed by atoms with Gasteiger partial charge < -0.3 is 19.7 Å². The number of hydrogen-bond acceptors (Lipinski definition) is 7. The predicted octanol–water partition coefficient (Wildman–Crippen LogP) is 0.438. The van der Waals surface area contributed by atoms with Crippen LogP contribution >= 0.6 is 0 Å². The summed E-state index contributed by atoms with van der Waals surface area (Å²) in [6, 6.07) is 0. The van der Waals surface area contributed by atoms with Crippen LogP contribution in [0.15, 0.2) is 10.9 Å². The Labute approximate surface area is 102 Å². The minimum Gasteiger partial charge on any atom is -0.479 e. The van der Waals surface area contributed by atoms with Crippen molar-refractivity contribution in [1.82, 2.24) is 15.1 Å². The Morgan fingerprint density at radius 3 is 3.06 bits per heavy atom. The van der Waals surface area contributed by atoms with Crippen molar-refractivity contribution in [3.63, 3.8) is 0 Å². The summed E-state index contributed by atoms with van der Waals surface area (Å²) < 4.78 is 9.79. The molecule has 0 amide bonds. The van der Waals surface area contributed by atoms with Crippen LogP contribution in [0.5, 0.6) is 0 Å². The number of rotatable bonds is 5. The summed E-state index contributed by atoms with van der Waals surface area (Å²) in [5.74, 6) is -0.570. The second-order valence-corrected chi connectivity index (χ2v) is 3.61. The van der Waals surface area contributed by atoms with Gasteiger partial charge in [-0.2, -0.15) is 4.98 Å². The minimum absolute atomic E-state index is 0.0859. The molecule has 0 fully saturated rings. The molecule has 2 aromatic rings. The monoisotopic (exact) mass is 252 g/mol. The number of anilines is 1. The molecule has 0 aliphatic heterocycles. The summed E-state index contributed by atoms with van der Waals surface area (Å²) >= 11 is 0. The maximum Gasteiger partial charge on any atom is 0.334 e. The molecule has 8 nitrogen and oxygen atoms in total. The number of aliphatic carboxylic acids is 1. The molecule has 2 aromatic heterocycles. The predicted molar refractivity (Wildman–Crippen MR) is 61.3 cm³/mol. The Morgan fingerprint density at radius 2 is 2.39 bits per heavy atom. The lowest BCUT2D eigenvalue weighted by molar-refractivity contribution is -0.147. The Bertz CT molecular complexity index is 568. The van der Waals surface area contributed by atoms with E-state index >= 15 is 0 Å². The molecule has 2 N–H and O–H groups in total. The first kappa shape index (κ1) is 12.2. The van der Waals surface area contributed by atoms with Gasteiger partial charge in [-0.05, 0) is 6.92 Å². The largest absolute Gasteiger partial charge is 0.479 e. The zero-order valence-electron chi connectivity index (χ0n) is 9.88. The van der Waals surface area contributed by atoms with Gasteiger partial charge in [-0.15, -0.1) is 0 Å². The highest BCUT2D eigenvalue weighted by Gasteiger charge is 2.18. The van der Waals surface area contributed by atoms with Gasteiger partial charge in [-0.1, -0.05) is 5.16 Å². The highest BCUT2D eigenvalue weighted by Crippen LogP contribution is 2.22. The van der Waals surface area contributed by atoms with Crippen molar-refractivity contribution in [2.24, 2.45) is 0 Å². The average molecular weight is 252 g/mol. The number of carbonyl (C=O) groups is 1.